The topological polar surface area (TPSA) is 50.2 Å². The van der Waals surface area contributed by atoms with Crippen molar-refractivity contribution in [3.63, 3.8) is 0 Å². The molecule has 0 radical (unpaired) electrons. The van der Waals surface area contributed by atoms with Gasteiger partial charge in [0.1, 0.15) is 5.82 Å². The first-order chi connectivity index (χ1) is 13.2. The molecule has 2 aliphatic heterocycles. The quantitative estimate of drug-likeness (QED) is 0.906. The number of rotatable bonds is 3. The van der Waals surface area contributed by atoms with Crippen molar-refractivity contribution in [3.8, 4) is 5.69 Å². The monoisotopic (exact) mass is 368 g/mol. The number of amides is 1. The van der Waals surface area contributed by atoms with E-state index in [9.17, 15) is 9.18 Å². The lowest BCUT2D eigenvalue weighted by molar-refractivity contribution is 0.0909. The zero-order chi connectivity index (χ0) is 18.4. The molecular formula is C21H25FN4O. The highest BCUT2D eigenvalue weighted by Crippen LogP contribution is 2.30. The Morgan fingerprint density at radius 3 is 2.78 bits per heavy atom. The molecule has 6 heteroatoms. The predicted octanol–water partition coefficient (Wildman–Crippen LogP) is 2.86. The number of nitrogens with one attached hydrogen (secondary N) is 1. The number of carbonyl (C=O) groups excluding carboxylic acids is 1. The number of hydrogen-bond acceptors (Lipinski definition) is 3. The molecule has 2 fully saturated rings. The maximum Gasteiger partial charge on any atom is 0.272 e. The van der Waals surface area contributed by atoms with Crippen molar-refractivity contribution < 1.29 is 9.18 Å². The maximum absolute atomic E-state index is 13.3. The minimum Gasteiger partial charge on any atom is -0.346 e. The average Bonchev–Trinajstić information content (AvgIpc) is 3.38. The molecule has 1 aromatic carbocycles. The highest BCUT2D eigenvalue weighted by molar-refractivity contribution is 5.94. The smallest absolute Gasteiger partial charge is 0.272 e. The van der Waals surface area contributed by atoms with Crippen LogP contribution in [0.3, 0.4) is 0 Å². The fourth-order valence-electron chi connectivity index (χ4n) is 5.07. The molecule has 2 aromatic rings. The van der Waals surface area contributed by atoms with Crippen molar-refractivity contribution >= 4 is 5.91 Å². The summed E-state index contributed by atoms with van der Waals surface area (Å²) in [6, 6.07) is 7.03. The zero-order valence-electron chi connectivity index (χ0n) is 15.5. The first-order valence-corrected chi connectivity index (χ1v) is 10.1. The summed E-state index contributed by atoms with van der Waals surface area (Å²) >= 11 is 0. The Hall–Kier alpha value is -2.21. The van der Waals surface area contributed by atoms with Crippen molar-refractivity contribution in [2.45, 2.75) is 57.0 Å². The molecule has 5 nitrogen and oxygen atoms in total. The summed E-state index contributed by atoms with van der Waals surface area (Å²) in [6.07, 6.45) is 7.56. The van der Waals surface area contributed by atoms with Gasteiger partial charge < -0.3 is 5.32 Å². The van der Waals surface area contributed by atoms with Gasteiger partial charge in [-0.3, -0.25) is 9.69 Å². The van der Waals surface area contributed by atoms with Gasteiger partial charge in [-0.25, -0.2) is 9.07 Å². The van der Waals surface area contributed by atoms with Crippen LogP contribution in [0.15, 0.2) is 24.3 Å². The van der Waals surface area contributed by atoms with Crippen molar-refractivity contribution in [2.24, 2.45) is 0 Å². The molecule has 2 saturated heterocycles. The normalized spacial score (nSPS) is 24.6. The van der Waals surface area contributed by atoms with Gasteiger partial charge in [0.25, 0.3) is 5.91 Å². The molecule has 3 heterocycles. The van der Waals surface area contributed by atoms with Crippen molar-refractivity contribution in [1.29, 1.82) is 0 Å². The van der Waals surface area contributed by atoms with Crippen LogP contribution in [-0.4, -0.2) is 45.8 Å². The number of nitrogens with zero attached hydrogens (tertiary/aromatic N) is 3. The van der Waals surface area contributed by atoms with Gasteiger partial charge in [0.05, 0.1) is 5.69 Å². The van der Waals surface area contributed by atoms with Crippen LogP contribution >= 0.6 is 0 Å². The van der Waals surface area contributed by atoms with Crippen molar-refractivity contribution in [2.75, 3.05) is 13.1 Å². The number of piperidine rings is 1. The van der Waals surface area contributed by atoms with Gasteiger partial charge in [-0.1, -0.05) is 6.42 Å². The van der Waals surface area contributed by atoms with Gasteiger partial charge in [0.2, 0.25) is 0 Å². The minimum absolute atomic E-state index is 0.0496. The molecule has 1 aliphatic carbocycles. The second-order valence-corrected chi connectivity index (χ2v) is 7.98. The van der Waals surface area contributed by atoms with Crippen molar-refractivity contribution in [3.05, 3.63) is 47.0 Å². The second kappa shape index (κ2) is 6.75. The second-order valence-electron chi connectivity index (χ2n) is 7.98. The Balaban J connectivity index is 1.41. The molecule has 1 amide bonds. The Labute approximate surface area is 158 Å². The Morgan fingerprint density at radius 1 is 1.07 bits per heavy atom. The number of aromatic nitrogens is 2. The minimum atomic E-state index is -0.265. The third kappa shape index (κ3) is 2.96. The van der Waals surface area contributed by atoms with Gasteiger partial charge >= 0.3 is 0 Å². The lowest BCUT2D eigenvalue weighted by atomic mass is 9.99. The highest BCUT2D eigenvalue weighted by atomic mass is 19.1. The maximum atomic E-state index is 13.3. The van der Waals surface area contributed by atoms with Crippen LogP contribution in [0.4, 0.5) is 4.39 Å². The van der Waals surface area contributed by atoms with Crippen LogP contribution < -0.4 is 5.32 Å². The lowest BCUT2D eigenvalue weighted by Crippen LogP contribution is -2.47. The highest BCUT2D eigenvalue weighted by Gasteiger charge is 2.37. The van der Waals surface area contributed by atoms with Crippen LogP contribution in [-0.2, 0) is 12.8 Å². The molecule has 3 aliphatic rings. The predicted molar refractivity (Wildman–Crippen MR) is 101 cm³/mol. The largest absolute Gasteiger partial charge is 0.346 e. The van der Waals surface area contributed by atoms with Crippen LogP contribution in [0.25, 0.3) is 5.69 Å². The fraction of sp³-hybridized carbons (Fsp3) is 0.524. The van der Waals surface area contributed by atoms with Crippen molar-refractivity contribution in [1.82, 2.24) is 20.0 Å². The van der Waals surface area contributed by atoms with Crippen LogP contribution in [0.5, 0.6) is 0 Å². The summed E-state index contributed by atoms with van der Waals surface area (Å²) in [5, 5.41) is 7.93. The van der Waals surface area contributed by atoms with Gasteiger partial charge in [-0.05, 0) is 69.3 Å². The van der Waals surface area contributed by atoms with Gasteiger partial charge in [0, 0.05) is 29.9 Å². The Bertz CT molecular complexity index is 860. The Kier molecular flexibility index (Phi) is 4.23. The van der Waals surface area contributed by atoms with E-state index in [0.717, 1.165) is 55.7 Å². The first-order valence-electron chi connectivity index (χ1n) is 10.1. The average molecular weight is 368 g/mol. The number of benzene rings is 1. The van der Waals surface area contributed by atoms with E-state index in [1.165, 1.54) is 31.4 Å². The summed E-state index contributed by atoms with van der Waals surface area (Å²) in [6.45, 7) is 2.24. The molecule has 0 unspecified atom stereocenters. The summed E-state index contributed by atoms with van der Waals surface area (Å²) < 4.78 is 15.1. The number of fused-ring (bicyclic) bond motifs is 2. The van der Waals surface area contributed by atoms with Gasteiger partial charge in [-0.2, -0.15) is 5.10 Å². The van der Waals surface area contributed by atoms with E-state index in [1.54, 1.807) is 12.1 Å². The van der Waals surface area contributed by atoms with E-state index in [2.05, 4.69) is 15.3 Å². The van der Waals surface area contributed by atoms with E-state index in [0.29, 0.717) is 11.7 Å². The van der Waals surface area contributed by atoms with Crippen LogP contribution in [0.1, 0.15) is 53.8 Å². The van der Waals surface area contributed by atoms with E-state index in [4.69, 9.17) is 0 Å². The van der Waals surface area contributed by atoms with Crippen LogP contribution in [0.2, 0.25) is 0 Å². The summed E-state index contributed by atoms with van der Waals surface area (Å²) in [7, 11) is 0. The number of halogens is 1. The molecule has 2 atom stereocenters. The molecule has 1 aromatic heterocycles. The van der Waals surface area contributed by atoms with E-state index in [-0.39, 0.29) is 17.8 Å². The third-order valence-corrected chi connectivity index (χ3v) is 6.39. The molecule has 5 rings (SSSR count). The number of hydrogen-bond donors (Lipinski definition) is 1. The summed E-state index contributed by atoms with van der Waals surface area (Å²) in [4.78, 5) is 15.6. The molecule has 0 bridgehead atoms. The van der Waals surface area contributed by atoms with E-state index < -0.39 is 0 Å². The SMILES string of the molecule is O=C(N[C@@H]1CCN2CCCC[C@H]12)c1nn(-c2ccc(F)cc2)c2c1CCC2. The first kappa shape index (κ1) is 16.9. The molecule has 1 N–H and O–H groups in total. The molecule has 0 saturated carbocycles. The standard InChI is InChI=1S/C21H25FN4O/c22-14-7-9-15(10-8-14)26-18-6-3-4-16(18)20(24-26)21(27)23-17-11-13-25-12-2-1-5-19(17)25/h7-10,17,19H,1-6,11-13H2,(H,23,27)/t17-,19-/m1/s1. The number of carbonyl (C=O) groups is 1. The molecule has 0 spiro atoms. The summed E-state index contributed by atoms with van der Waals surface area (Å²) in [5.41, 5.74) is 3.53. The zero-order valence-corrected chi connectivity index (χ0v) is 15.5. The molecular weight excluding hydrogens is 343 g/mol. The van der Waals surface area contributed by atoms with Crippen LogP contribution in [0, 0.1) is 5.82 Å². The fourth-order valence-corrected chi connectivity index (χ4v) is 5.07. The third-order valence-electron chi connectivity index (χ3n) is 6.39. The summed E-state index contributed by atoms with van der Waals surface area (Å²) in [5.74, 6) is -0.315. The Morgan fingerprint density at radius 2 is 1.93 bits per heavy atom. The molecule has 142 valence electrons. The lowest BCUT2D eigenvalue weighted by Gasteiger charge is -2.32. The van der Waals surface area contributed by atoms with E-state index in [1.807, 2.05) is 4.68 Å². The van der Waals surface area contributed by atoms with Gasteiger partial charge in [0.15, 0.2) is 5.69 Å². The molecule has 27 heavy (non-hydrogen) atoms. The van der Waals surface area contributed by atoms with E-state index >= 15 is 0 Å². The van der Waals surface area contributed by atoms with Gasteiger partial charge in [-0.15, -0.1) is 0 Å².